The second-order valence-electron chi connectivity index (χ2n) is 9.28. The molecule has 0 aliphatic carbocycles. The molecule has 3 aromatic carbocycles. The van der Waals surface area contributed by atoms with E-state index in [9.17, 15) is 10.3 Å². The van der Waals surface area contributed by atoms with E-state index < -0.39 is 41.7 Å². The van der Waals surface area contributed by atoms with Gasteiger partial charge in [0, 0.05) is 4.91 Å². The minimum Gasteiger partial charge on any atom is -0.457 e. The number of hydrogen-bond donors (Lipinski definition) is 0. The van der Waals surface area contributed by atoms with Gasteiger partial charge in [0.1, 0.15) is 23.9 Å². The third kappa shape index (κ3) is 4.36. The minimum atomic E-state index is -1.01. The van der Waals surface area contributed by atoms with Gasteiger partial charge in [-0.15, -0.1) is 0 Å². The van der Waals surface area contributed by atoms with Crippen LogP contribution in [0.2, 0.25) is 0 Å². The van der Waals surface area contributed by atoms with E-state index in [1.807, 2.05) is 91.0 Å². The highest BCUT2D eigenvalue weighted by Crippen LogP contribution is 2.42. The van der Waals surface area contributed by atoms with Crippen molar-refractivity contribution in [2.24, 2.45) is 5.11 Å². The molecule has 0 unspecified atom stereocenters. The van der Waals surface area contributed by atoms with Gasteiger partial charge in [0.2, 0.25) is 0 Å². The Bertz CT molecular complexity index is 1150. The Labute approximate surface area is 209 Å². The van der Waals surface area contributed by atoms with E-state index in [4.69, 9.17) is 18.9 Å². The van der Waals surface area contributed by atoms with Crippen LogP contribution in [0.15, 0.2) is 96.1 Å². The van der Waals surface area contributed by atoms with Crippen LogP contribution < -0.4 is 0 Å². The Balaban J connectivity index is 1.56. The fourth-order valence-corrected chi connectivity index (χ4v) is 5.02. The largest absolute Gasteiger partial charge is 0.457 e. The molecule has 2 aliphatic rings. The third-order valence-corrected chi connectivity index (χ3v) is 6.53. The average Bonchev–Trinajstić information content (AvgIpc) is 3.38. The molecule has 0 radical (unpaired) electrons. The Morgan fingerprint density at radius 3 is 1.89 bits per heavy atom. The molecular weight excluding hydrogens is 458 g/mol. The van der Waals surface area contributed by atoms with Crippen LogP contribution in [0.1, 0.15) is 30.5 Å². The normalized spacial score (nSPS) is 23.4. The Kier molecular flexibility index (Phi) is 6.51. The maximum atomic E-state index is 12.5. The number of benzene rings is 3. The monoisotopic (exact) mass is 485 g/mol. The van der Waals surface area contributed by atoms with Gasteiger partial charge in [-0.2, -0.15) is 0 Å². The van der Waals surface area contributed by atoms with Crippen LogP contribution in [0.3, 0.4) is 0 Å². The van der Waals surface area contributed by atoms with Crippen molar-refractivity contribution < 1.29 is 23.7 Å². The molecule has 184 valence electrons. The van der Waals surface area contributed by atoms with E-state index in [1.165, 1.54) is 0 Å². The van der Waals surface area contributed by atoms with Gasteiger partial charge in [0.25, 0.3) is 0 Å². The predicted molar refractivity (Wildman–Crippen MR) is 132 cm³/mol. The summed E-state index contributed by atoms with van der Waals surface area (Å²) < 4.78 is 24.1. The van der Waals surface area contributed by atoms with Crippen molar-refractivity contribution in [1.82, 2.24) is 0 Å². The van der Waals surface area contributed by atoms with Gasteiger partial charge in [0.15, 0.2) is 11.9 Å². The zero-order valence-electron chi connectivity index (χ0n) is 20.1. The second-order valence-corrected chi connectivity index (χ2v) is 9.28. The molecule has 0 N–H and O–H groups in total. The van der Waals surface area contributed by atoms with E-state index in [2.05, 4.69) is 10.0 Å². The minimum absolute atomic E-state index is 0.0340. The Morgan fingerprint density at radius 2 is 1.42 bits per heavy atom. The summed E-state index contributed by atoms with van der Waals surface area (Å²) in [5.41, 5.74) is 11.1. The molecule has 2 saturated heterocycles. The summed E-state index contributed by atoms with van der Waals surface area (Å²) in [6.07, 6.45) is -2.42. The number of cyclic esters (lactones) is 1. The maximum absolute atomic E-state index is 12.5. The topological polar surface area (TPSA) is 103 Å². The Morgan fingerprint density at radius 1 is 0.917 bits per heavy atom. The fourth-order valence-electron chi connectivity index (χ4n) is 5.02. The molecule has 5 rings (SSSR count). The first-order valence-electron chi connectivity index (χ1n) is 11.9. The summed E-state index contributed by atoms with van der Waals surface area (Å²) in [5.74, 6) is -1.48. The maximum Gasteiger partial charge on any atom is 0.338 e. The number of azide groups is 1. The van der Waals surface area contributed by atoms with E-state index in [0.29, 0.717) is 0 Å². The summed E-state index contributed by atoms with van der Waals surface area (Å²) >= 11 is 0. The molecular formula is C28H27N3O5. The van der Waals surface area contributed by atoms with Crippen molar-refractivity contribution in [3.8, 4) is 0 Å². The molecule has 0 amide bonds. The smallest absolute Gasteiger partial charge is 0.338 e. The number of nitrogens with zero attached hydrogens (tertiary/aromatic N) is 3. The standard InChI is InChI=1S/C28H27N3O5/c1-27(2)35-24-23(34-26(32)25(24)36-27)22(30-31-29)18-33-28(19-12-6-3-7-13-19,20-14-8-4-9-15-20)21-16-10-5-11-17-21/h3-17,22-25H,18H2,1-2H3/t22-,23+,24-,25-/m1/s1. The van der Waals surface area contributed by atoms with Gasteiger partial charge in [-0.3, -0.25) is 0 Å². The van der Waals surface area contributed by atoms with Crippen molar-refractivity contribution in [2.75, 3.05) is 6.61 Å². The highest BCUT2D eigenvalue weighted by atomic mass is 16.8. The van der Waals surface area contributed by atoms with Gasteiger partial charge in [-0.25, -0.2) is 4.79 Å². The third-order valence-electron chi connectivity index (χ3n) is 6.53. The van der Waals surface area contributed by atoms with E-state index >= 15 is 0 Å². The highest BCUT2D eigenvalue weighted by Gasteiger charge is 2.58. The van der Waals surface area contributed by atoms with Crippen molar-refractivity contribution >= 4 is 5.97 Å². The molecule has 0 bridgehead atoms. The number of carbonyl (C=O) groups is 1. The molecule has 4 atom stereocenters. The molecule has 0 saturated carbocycles. The Hall–Kier alpha value is -3.68. The van der Waals surface area contributed by atoms with Crippen molar-refractivity contribution in [3.05, 3.63) is 118 Å². The van der Waals surface area contributed by atoms with Gasteiger partial charge >= 0.3 is 5.97 Å². The number of rotatable bonds is 8. The van der Waals surface area contributed by atoms with Gasteiger partial charge in [0.05, 0.1) is 6.61 Å². The number of ether oxygens (including phenoxy) is 4. The zero-order valence-corrected chi connectivity index (χ0v) is 20.1. The van der Waals surface area contributed by atoms with Crippen LogP contribution in [-0.4, -0.2) is 42.7 Å². The molecule has 2 fully saturated rings. The van der Waals surface area contributed by atoms with Gasteiger partial charge < -0.3 is 18.9 Å². The quantitative estimate of drug-likeness (QED) is 0.145. The molecule has 8 nitrogen and oxygen atoms in total. The van der Waals surface area contributed by atoms with Crippen LogP contribution in [0.5, 0.6) is 0 Å². The summed E-state index contributed by atoms with van der Waals surface area (Å²) in [6, 6.07) is 28.8. The molecule has 3 aromatic rings. The SMILES string of the molecule is CC1(C)O[C@@H]2[C@H]([C@@H](COC(c3ccccc3)(c3ccccc3)c3ccccc3)N=[N+]=[N-])OC(=O)[C@@H]2O1. The van der Waals surface area contributed by atoms with Crippen LogP contribution in [0.25, 0.3) is 10.4 Å². The summed E-state index contributed by atoms with van der Waals surface area (Å²) in [7, 11) is 0. The first kappa shape index (κ1) is 24.0. The first-order chi connectivity index (χ1) is 17.4. The molecule has 2 heterocycles. The van der Waals surface area contributed by atoms with Crippen LogP contribution in [0.4, 0.5) is 0 Å². The molecule has 8 heteroatoms. The molecule has 2 aliphatic heterocycles. The van der Waals surface area contributed by atoms with Crippen molar-refractivity contribution in [1.29, 1.82) is 0 Å². The lowest BCUT2D eigenvalue weighted by atomic mass is 9.80. The second kappa shape index (κ2) is 9.76. The number of fused-ring (bicyclic) bond motifs is 1. The molecule has 0 aromatic heterocycles. The van der Waals surface area contributed by atoms with Crippen LogP contribution in [-0.2, 0) is 29.3 Å². The summed E-state index contributed by atoms with van der Waals surface area (Å²) in [4.78, 5) is 15.6. The molecule has 0 spiro atoms. The van der Waals surface area contributed by atoms with E-state index in [-0.39, 0.29) is 6.61 Å². The fraction of sp³-hybridized carbons (Fsp3) is 0.321. The summed E-state index contributed by atoms with van der Waals surface area (Å²) in [5, 5.41) is 3.98. The lowest BCUT2D eigenvalue weighted by molar-refractivity contribution is -0.189. The van der Waals surface area contributed by atoms with E-state index in [1.54, 1.807) is 13.8 Å². The van der Waals surface area contributed by atoms with Gasteiger partial charge in [-0.1, -0.05) is 96.1 Å². The lowest BCUT2D eigenvalue weighted by Crippen LogP contribution is -2.43. The van der Waals surface area contributed by atoms with Crippen molar-refractivity contribution in [3.63, 3.8) is 0 Å². The van der Waals surface area contributed by atoms with E-state index in [0.717, 1.165) is 16.7 Å². The van der Waals surface area contributed by atoms with Crippen LogP contribution >= 0.6 is 0 Å². The van der Waals surface area contributed by atoms with Crippen LogP contribution in [0, 0.1) is 0 Å². The number of carbonyl (C=O) groups excluding carboxylic acids is 1. The lowest BCUT2D eigenvalue weighted by Gasteiger charge is -2.37. The predicted octanol–water partition coefficient (Wildman–Crippen LogP) is 5.12. The van der Waals surface area contributed by atoms with Crippen molar-refractivity contribution in [2.45, 2.75) is 49.6 Å². The first-order valence-corrected chi connectivity index (χ1v) is 11.9. The zero-order chi connectivity index (χ0) is 25.2. The highest BCUT2D eigenvalue weighted by molar-refractivity contribution is 5.78. The molecule has 36 heavy (non-hydrogen) atoms. The van der Waals surface area contributed by atoms with Gasteiger partial charge in [-0.05, 0) is 36.1 Å². The summed E-state index contributed by atoms with van der Waals surface area (Å²) in [6.45, 7) is 3.44. The average molecular weight is 486 g/mol. The number of esters is 1. The number of hydrogen-bond acceptors (Lipinski definition) is 6.